The number of allylic oxidation sites excluding steroid dienone is 2. The lowest BCUT2D eigenvalue weighted by molar-refractivity contribution is -0.152. The monoisotopic (exact) mass is 752 g/mol. The fourth-order valence-corrected chi connectivity index (χ4v) is 6.62. The van der Waals surface area contributed by atoms with Crippen LogP contribution >= 0.6 is 0 Å². The molecule has 0 radical (unpaired) electrons. The van der Waals surface area contributed by atoms with E-state index in [0.717, 1.165) is 90.0 Å². The van der Waals surface area contributed by atoms with Crippen LogP contribution in [0.15, 0.2) is 24.3 Å². The summed E-state index contributed by atoms with van der Waals surface area (Å²) in [6.07, 6.45) is 28.6. The highest BCUT2D eigenvalue weighted by Crippen LogP contribution is 2.30. The smallest absolute Gasteiger partial charge is 0.462 e. The van der Waals surface area contributed by atoms with Crippen molar-refractivity contribution >= 4 is 18.3 Å². The van der Waals surface area contributed by atoms with Gasteiger partial charge >= 0.3 is 18.3 Å². The SMILES string of the molecule is CCCCCC/C=C\COC(=O)OCCCCCCC(CCCCCCOC(=O)OC/C=C\CCCCCC)OC(=O)CC(C)(C)CC(C)CN(C)C. The highest BCUT2D eigenvalue weighted by molar-refractivity contribution is 5.70. The molecule has 0 aromatic rings. The molecule has 0 bridgehead atoms. The zero-order valence-corrected chi connectivity index (χ0v) is 35.3. The first-order valence-electron chi connectivity index (χ1n) is 21.2. The summed E-state index contributed by atoms with van der Waals surface area (Å²) in [6.45, 7) is 13.1. The van der Waals surface area contributed by atoms with Crippen LogP contribution in [-0.2, 0) is 28.5 Å². The molecule has 0 fully saturated rings. The number of rotatable bonds is 35. The van der Waals surface area contributed by atoms with Crippen molar-refractivity contribution in [1.82, 2.24) is 4.90 Å². The fraction of sp³-hybridized carbons (Fsp3) is 0.841. The lowest BCUT2D eigenvalue weighted by atomic mass is 9.80. The minimum atomic E-state index is -0.616. The van der Waals surface area contributed by atoms with Gasteiger partial charge in [0.15, 0.2) is 0 Å². The van der Waals surface area contributed by atoms with E-state index >= 15 is 0 Å². The minimum Gasteiger partial charge on any atom is -0.462 e. The Morgan fingerprint density at radius 3 is 1.51 bits per heavy atom. The molecule has 0 rings (SSSR count). The summed E-state index contributed by atoms with van der Waals surface area (Å²) >= 11 is 0. The van der Waals surface area contributed by atoms with Crippen LogP contribution < -0.4 is 0 Å². The van der Waals surface area contributed by atoms with Gasteiger partial charge in [0, 0.05) is 6.54 Å². The summed E-state index contributed by atoms with van der Waals surface area (Å²) in [5.41, 5.74) is -0.131. The average Bonchev–Trinajstić information content (AvgIpc) is 3.08. The molecule has 0 saturated carbocycles. The fourth-order valence-electron chi connectivity index (χ4n) is 6.62. The molecule has 310 valence electrons. The van der Waals surface area contributed by atoms with Gasteiger partial charge in [-0.25, -0.2) is 9.59 Å². The molecule has 1 atom stereocenters. The Bertz CT molecular complexity index is 896. The predicted molar refractivity (Wildman–Crippen MR) is 217 cm³/mol. The Labute approximate surface area is 325 Å². The molecule has 0 aliphatic heterocycles. The number of carbonyl (C=O) groups is 3. The minimum absolute atomic E-state index is 0.116. The van der Waals surface area contributed by atoms with Crippen molar-refractivity contribution < 1.29 is 38.1 Å². The molecule has 0 spiro atoms. The highest BCUT2D eigenvalue weighted by atomic mass is 16.7. The Morgan fingerprint density at radius 2 is 1.06 bits per heavy atom. The molecule has 0 N–H and O–H groups in total. The molecule has 0 aliphatic carbocycles. The molecular formula is C44H81NO8. The lowest BCUT2D eigenvalue weighted by Gasteiger charge is -2.29. The summed E-state index contributed by atoms with van der Waals surface area (Å²) in [4.78, 5) is 39.0. The maximum atomic E-state index is 13.1. The van der Waals surface area contributed by atoms with Gasteiger partial charge < -0.3 is 28.6 Å². The normalized spacial score (nSPS) is 12.5. The lowest BCUT2D eigenvalue weighted by Crippen LogP contribution is -2.28. The number of hydrogen-bond donors (Lipinski definition) is 0. The van der Waals surface area contributed by atoms with E-state index in [-0.39, 0.29) is 30.7 Å². The average molecular weight is 752 g/mol. The summed E-state index contributed by atoms with van der Waals surface area (Å²) in [5, 5.41) is 0. The van der Waals surface area contributed by atoms with Gasteiger partial charge in [0.25, 0.3) is 0 Å². The second-order valence-electron chi connectivity index (χ2n) is 15.9. The maximum Gasteiger partial charge on any atom is 0.508 e. The first kappa shape index (κ1) is 50.5. The third-order valence-corrected chi connectivity index (χ3v) is 9.16. The number of unbranched alkanes of at least 4 members (excludes halogenated alkanes) is 14. The van der Waals surface area contributed by atoms with Crippen molar-refractivity contribution in [3.8, 4) is 0 Å². The van der Waals surface area contributed by atoms with Crippen LogP contribution in [0.1, 0.15) is 176 Å². The molecule has 1 unspecified atom stereocenters. The van der Waals surface area contributed by atoms with Crippen LogP contribution in [-0.4, -0.2) is 76.4 Å². The molecule has 0 heterocycles. The van der Waals surface area contributed by atoms with Gasteiger partial charge in [-0.3, -0.25) is 4.79 Å². The van der Waals surface area contributed by atoms with E-state index in [9.17, 15) is 14.4 Å². The molecule has 53 heavy (non-hydrogen) atoms. The van der Waals surface area contributed by atoms with Gasteiger partial charge in [0.2, 0.25) is 0 Å². The molecule has 9 heteroatoms. The molecule has 0 amide bonds. The van der Waals surface area contributed by atoms with Crippen molar-refractivity contribution in [2.45, 2.75) is 182 Å². The molecule has 0 saturated heterocycles. The van der Waals surface area contributed by atoms with E-state index in [4.69, 9.17) is 23.7 Å². The molecule has 0 aromatic carbocycles. The Morgan fingerprint density at radius 1 is 0.604 bits per heavy atom. The number of hydrogen-bond acceptors (Lipinski definition) is 9. The van der Waals surface area contributed by atoms with Crippen LogP contribution in [0.5, 0.6) is 0 Å². The van der Waals surface area contributed by atoms with Gasteiger partial charge in [0.1, 0.15) is 19.3 Å². The third kappa shape index (κ3) is 36.2. The number of carbonyl (C=O) groups excluding carboxylic acids is 3. The molecule has 0 aliphatic rings. The van der Waals surface area contributed by atoms with Gasteiger partial charge in [-0.05, 0) is 96.1 Å². The molecule has 9 nitrogen and oxygen atoms in total. The van der Waals surface area contributed by atoms with Gasteiger partial charge in [-0.15, -0.1) is 0 Å². The number of ether oxygens (including phenoxy) is 5. The van der Waals surface area contributed by atoms with Gasteiger partial charge in [-0.1, -0.05) is 123 Å². The standard InChI is InChI=1S/C44H81NO8/c1-8-10-12-14-16-20-26-32-49-42(47)51-34-28-22-18-24-30-40(53-41(46)37-44(4,5)36-39(3)38-45(6)7)31-25-19-23-29-35-52-43(48)50-33-27-21-17-15-13-11-9-2/h20-21,26-27,39-40H,8-19,22-25,28-38H2,1-7H3/b26-20-,27-21-. The third-order valence-electron chi connectivity index (χ3n) is 9.16. The maximum absolute atomic E-state index is 13.1. The largest absolute Gasteiger partial charge is 0.508 e. The number of esters is 1. The van der Waals surface area contributed by atoms with Crippen molar-refractivity contribution in [2.24, 2.45) is 11.3 Å². The Balaban J connectivity index is 4.48. The molecule has 0 aromatic heterocycles. The quantitative estimate of drug-likeness (QED) is 0.0271. The van der Waals surface area contributed by atoms with Crippen LogP contribution in [0.3, 0.4) is 0 Å². The van der Waals surface area contributed by atoms with Crippen molar-refractivity contribution in [1.29, 1.82) is 0 Å². The van der Waals surface area contributed by atoms with Crippen LogP contribution in [0.25, 0.3) is 0 Å². The van der Waals surface area contributed by atoms with Gasteiger partial charge in [0.05, 0.1) is 19.6 Å². The van der Waals surface area contributed by atoms with Crippen molar-refractivity contribution in [3.63, 3.8) is 0 Å². The zero-order valence-electron chi connectivity index (χ0n) is 35.3. The topological polar surface area (TPSA) is 101 Å². The second-order valence-corrected chi connectivity index (χ2v) is 15.9. The van der Waals surface area contributed by atoms with E-state index in [2.05, 4.69) is 65.8 Å². The number of nitrogens with zero attached hydrogens (tertiary/aromatic N) is 1. The zero-order chi connectivity index (χ0) is 39.4. The van der Waals surface area contributed by atoms with Crippen LogP contribution in [0.4, 0.5) is 9.59 Å². The van der Waals surface area contributed by atoms with E-state index in [0.29, 0.717) is 25.6 Å². The summed E-state index contributed by atoms with van der Waals surface area (Å²) in [5.74, 6) is 0.373. The Hall–Kier alpha value is -2.55. The first-order chi connectivity index (χ1) is 25.5. The Kier molecular flexibility index (Phi) is 33.5. The first-order valence-corrected chi connectivity index (χ1v) is 21.2. The predicted octanol–water partition coefficient (Wildman–Crippen LogP) is 12.2. The van der Waals surface area contributed by atoms with Crippen LogP contribution in [0.2, 0.25) is 0 Å². The van der Waals surface area contributed by atoms with Gasteiger partial charge in [-0.2, -0.15) is 0 Å². The summed E-state index contributed by atoms with van der Waals surface area (Å²) < 4.78 is 26.8. The highest BCUT2D eigenvalue weighted by Gasteiger charge is 2.27. The van der Waals surface area contributed by atoms with Crippen molar-refractivity contribution in [2.75, 3.05) is 47.1 Å². The van der Waals surface area contributed by atoms with E-state index in [1.165, 1.54) is 51.4 Å². The summed E-state index contributed by atoms with van der Waals surface area (Å²) in [7, 11) is 4.16. The van der Waals surface area contributed by atoms with E-state index in [1.807, 2.05) is 12.2 Å². The van der Waals surface area contributed by atoms with Crippen LogP contribution in [0, 0.1) is 11.3 Å². The second kappa shape index (κ2) is 35.2. The van der Waals surface area contributed by atoms with E-state index < -0.39 is 12.3 Å². The van der Waals surface area contributed by atoms with E-state index in [1.54, 1.807) is 0 Å². The van der Waals surface area contributed by atoms with Crippen molar-refractivity contribution in [3.05, 3.63) is 24.3 Å². The summed E-state index contributed by atoms with van der Waals surface area (Å²) in [6, 6.07) is 0. The molecular weight excluding hydrogens is 670 g/mol.